The number of fused-ring (bicyclic) bond motifs is 4. The van der Waals surface area contributed by atoms with Gasteiger partial charge in [0.15, 0.2) is 11.5 Å². The van der Waals surface area contributed by atoms with Crippen LogP contribution in [0.15, 0.2) is 72.4 Å². The third kappa shape index (κ3) is 15.8. The number of hydrogen-bond donors (Lipinski definition) is 4. The van der Waals surface area contributed by atoms with Crippen LogP contribution in [0.5, 0.6) is 5.75 Å². The van der Waals surface area contributed by atoms with E-state index in [9.17, 15) is 38.4 Å². The summed E-state index contributed by atoms with van der Waals surface area (Å²) in [4.78, 5) is 109. The minimum Gasteiger partial charge on any atom is -0.462 e. The van der Waals surface area contributed by atoms with Crippen LogP contribution in [0.3, 0.4) is 0 Å². The van der Waals surface area contributed by atoms with Crippen LogP contribution in [0.4, 0.5) is 0 Å². The van der Waals surface area contributed by atoms with E-state index in [-0.39, 0.29) is 72.3 Å². The van der Waals surface area contributed by atoms with E-state index in [1.807, 2.05) is 112 Å². The minimum absolute atomic E-state index is 0.00930. The van der Waals surface area contributed by atoms with Crippen molar-refractivity contribution in [2.24, 2.45) is 47.3 Å². The number of esters is 3. The zero-order chi connectivity index (χ0) is 60.5. The van der Waals surface area contributed by atoms with Crippen molar-refractivity contribution >= 4 is 47.3 Å². The zero-order valence-corrected chi connectivity index (χ0v) is 50.7. The molecule has 0 radical (unpaired) electrons. The molecule has 6 aliphatic rings. The number of carbonyl (C=O) groups is 8. The maximum atomic E-state index is 14.8. The first-order valence-electron chi connectivity index (χ1n) is 30.2. The molecule has 19 heteroatoms. The number of hydrazine groups is 1. The van der Waals surface area contributed by atoms with Crippen LogP contribution >= 0.6 is 0 Å². The molecule has 0 aromatic heterocycles. The lowest BCUT2D eigenvalue weighted by Gasteiger charge is -2.54. The van der Waals surface area contributed by atoms with Gasteiger partial charge >= 0.3 is 17.9 Å². The van der Waals surface area contributed by atoms with E-state index in [0.717, 1.165) is 5.57 Å². The summed E-state index contributed by atoms with van der Waals surface area (Å²) in [6.07, 6.45) is 15.5. The highest BCUT2D eigenvalue weighted by molar-refractivity contribution is 5.93. The number of hydrogen-bond acceptors (Lipinski definition) is 15. The molecule has 0 unspecified atom stereocenters. The Hall–Kier alpha value is -6.02. The first kappa shape index (κ1) is 64.5. The predicted molar refractivity (Wildman–Crippen MR) is 309 cm³/mol. The van der Waals surface area contributed by atoms with Gasteiger partial charge in [0, 0.05) is 69.7 Å². The van der Waals surface area contributed by atoms with Gasteiger partial charge in [0.1, 0.15) is 41.9 Å². The van der Waals surface area contributed by atoms with Gasteiger partial charge in [0.2, 0.25) is 17.7 Å². The summed E-state index contributed by atoms with van der Waals surface area (Å²) in [5, 5.41) is 10.4. The van der Waals surface area contributed by atoms with E-state index >= 15 is 0 Å². The number of amides is 4. The van der Waals surface area contributed by atoms with Crippen LogP contribution in [0.25, 0.3) is 0 Å². The molecular weight excluding hydrogens is 1060 g/mol. The lowest BCUT2D eigenvalue weighted by atomic mass is 9.70. The van der Waals surface area contributed by atoms with Crippen LogP contribution < -0.4 is 26.1 Å². The standard InChI is InChI=1S/C64H91N5O14/c1-13-46-32-39(6)64(67-58(46)73)42(9)56(72)40(7)54(82-64)35-53(79-44(11)71)38(5)23-17-14-16-22-37(4)51-27-18-15-19-28-52-41(8)57-48(29-30-63(12,81-52)83-57)59(74)66-55(36(2)3)60(75)65-50(34-45-24-20-25-47(33-45)78-43(10)70)61(76)69-31-21-26-49(68-69)62(77)80-51/h14-16,18-20,22,24-25,28,33,36,38-42,46,48-55,57,68H,13,17,21,23,26-27,29-32,34-35H2,1-12H3,(H,65,75)(H,66,74)(H,67,73)/b16-14+,18-15+,28-19-,37-22+/t38-,39-,40-,41-,42-,46-,48+,49-,50-,51-,52-,53-,54-,55-,57+,63+,64+/m0/s1. The molecule has 5 saturated heterocycles. The summed E-state index contributed by atoms with van der Waals surface area (Å²) in [6.45, 7) is 22.0. The van der Waals surface area contributed by atoms with Gasteiger partial charge in [-0.25, -0.2) is 5.43 Å². The number of rotatable bonds is 14. The van der Waals surface area contributed by atoms with E-state index < -0.39 is 108 Å². The van der Waals surface area contributed by atoms with Crippen molar-refractivity contribution in [2.45, 2.75) is 214 Å². The first-order valence-corrected chi connectivity index (χ1v) is 30.2. The highest BCUT2D eigenvalue weighted by Gasteiger charge is 2.58. The second-order valence-corrected chi connectivity index (χ2v) is 24.7. The summed E-state index contributed by atoms with van der Waals surface area (Å²) in [5.41, 5.74) is 3.31. The predicted octanol–water partition coefficient (Wildman–Crippen LogP) is 7.61. The summed E-state index contributed by atoms with van der Waals surface area (Å²) < 4.78 is 37.4. The van der Waals surface area contributed by atoms with Crippen LogP contribution in [0.2, 0.25) is 0 Å². The summed E-state index contributed by atoms with van der Waals surface area (Å²) in [7, 11) is 0. The molecule has 5 fully saturated rings. The molecule has 7 rings (SSSR count). The van der Waals surface area contributed by atoms with Gasteiger partial charge in [0.05, 0.1) is 30.1 Å². The Kier molecular flexibility index (Phi) is 22.0. The van der Waals surface area contributed by atoms with E-state index in [4.69, 9.17) is 28.4 Å². The Bertz CT molecular complexity index is 2670. The second-order valence-electron chi connectivity index (χ2n) is 24.7. The number of benzene rings is 1. The van der Waals surface area contributed by atoms with Crippen LogP contribution in [-0.4, -0.2) is 119 Å². The fraction of sp³-hybridized carbons (Fsp3) is 0.656. The quantitative estimate of drug-likeness (QED) is 0.0796. The molecule has 1 spiro atoms. The van der Waals surface area contributed by atoms with Crippen molar-refractivity contribution in [3.8, 4) is 5.75 Å². The van der Waals surface area contributed by atoms with Gasteiger partial charge in [-0.15, -0.1) is 0 Å². The van der Waals surface area contributed by atoms with Crippen molar-refractivity contribution < 1.29 is 66.8 Å². The van der Waals surface area contributed by atoms with E-state index in [1.54, 1.807) is 24.3 Å². The van der Waals surface area contributed by atoms with E-state index in [2.05, 4.69) is 21.4 Å². The average molecular weight is 1150 g/mol. The third-order valence-corrected chi connectivity index (χ3v) is 18.0. The minimum atomic E-state index is -1.18. The summed E-state index contributed by atoms with van der Waals surface area (Å²) in [5.74, 6) is -6.32. The molecule has 4 amide bonds. The highest BCUT2D eigenvalue weighted by atomic mass is 16.7. The smallest absolute Gasteiger partial charge is 0.325 e. The Morgan fingerprint density at radius 1 is 0.916 bits per heavy atom. The van der Waals surface area contributed by atoms with Gasteiger partial charge in [0.25, 0.3) is 5.91 Å². The maximum absolute atomic E-state index is 14.8. The van der Waals surface area contributed by atoms with Crippen molar-refractivity contribution in [2.75, 3.05) is 6.54 Å². The van der Waals surface area contributed by atoms with Crippen LogP contribution in [0.1, 0.15) is 153 Å². The van der Waals surface area contributed by atoms with Crippen molar-refractivity contribution in [3.05, 3.63) is 77.9 Å². The molecule has 6 aliphatic heterocycles. The number of carbonyl (C=O) groups excluding carboxylic acids is 8. The van der Waals surface area contributed by atoms with Gasteiger partial charge in [-0.2, -0.15) is 0 Å². The SMILES string of the molecule is CC[C@H]1C[C@H](C)[C@@]2(NC1=O)O[C@@H](C[C@H](OC(C)=O)[C@@H](C)CC/C=C/C=C(\C)[C@@H]1C/C=C/C=C\[C@@H]3O[C@@]4(C)CC[C@@H](C(=O)N[C@@H](C(C)C)C(=O)N[C@@H](Cc5cccc(OC(C)=O)c5)C(=O)N5CCC[C@H](N5)C(=O)O1)[C@H](O4)[C@H]3C)[C@H](C)C(=O)[C@@H]2C. The van der Waals surface area contributed by atoms with E-state index in [0.29, 0.717) is 63.4 Å². The number of nitrogens with one attached hydrogen (secondary N) is 4. The molecule has 0 aliphatic carbocycles. The molecule has 19 nitrogen and oxygen atoms in total. The van der Waals surface area contributed by atoms with Gasteiger partial charge in [-0.05, 0) is 93.9 Å². The number of ketones is 1. The topological polar surface area (TPSA) is 243 Å². The highest BCUT2D eigenvalue weighted by Crippen LogP contribution is 2.46. The molecule has 456 valence electrons. The Morgan fingerprint density at radius 2 is 1.67 bits per heavy atom. The number of Topliss-reactive ketones (excluding diaryl/α,β-unsaturated/α-hetero) is 1. The fourth-order valence-electron chi connectivity index (χ4n) is 12.8. The van der Waals surface area contributed by atoms with Crippen molar-refractivity contribution in [3.63, 3.8) is 0 Å². The monoisotopic (exact) mass is 1150 g/mol. The number of ether oxygens (including phenoxy) is 6. The lowest BCUT2D eigenvalue weighted by molar-refractivity contribution is -0.344. The number of nitrogens with zero attached hydrogens (tertiary/aromatic N) is 1. The normalized spacial score (nSPS) is 35.5. The Morgan fingerprint density at radius 3 is 2.39 bits per heavy atom. The molecule has 4 N–H and O–H groups in total. The summed E-state index contributed by atoms with van der Waals surface area (Å²) >= 11 is 0. The van der Waals surface area contributed by atoms with Crippen LogP contribution in [-0.2, 0) is 68.5 Å². The lowest BCUT2D eigenvalue weighted by Crippen LogP contribution is -2.70. The molecule has 1 aromatic rings. The maximum Gasteiger partial charge on any atom is 0.325 e. The van der Waals surface area contributed by atoms with Crippen molar-refractivity contribution in [1.82, 2.24) is 26.4 Å². The molecule has 6 heterocycles. The number of piperidine rings is 1. The molecule has 5 bridgehead atoms. The Labute approximate surface area is 490 Å². The van der Waals surface area contributed by atoms with Gasteiger partial charge < -0.3 is 44.4 Å². The Balaban J connectivity index is 1.10. The fourth-order valence-corrected chi connectivity index (χ4v) is 12.8. The van der Waals surface area contributed by atoms with Gasteiger partial charge in [-0.1, -0.05) is 110 Å². The second kappa shape index (κ2) is 28.2. The van der Waals surface area contributed by atoms with E-state index in [1.165, 1.54) is 18.9 Å². The zero-order valence-electron chi connectivity index (χ0n) is 50.7. The molecule has 83 heavy (non-hydrogen) atoms. The van der Waals surface area contributed by atoms with Crippen molar-refractivity contribution in [1.29, 1.82) is 0 Å². The molecule has 17 atom stereocenters. The third-order valence-electron chi connectivity index (χ3n) is 18.0. The van der Waals surface area contributed by atoms with Crippen LogP contribution in [0, 0.1) is 47.3 Å². The molecule has 0 saturated carbocycles. The first-order chi connectivity index (χ1) is 39.3. The summed E-state index contributed by atoms with van der Waals surface area (Å²) in [6, 6.07) is 3.57. The molecular formula is C64H91N5O14. The number of allylic oxidation sites excluding steroid dienone is 5. The molecule has 1 aromatic carbocycles. The average Bonchev–Trinajstić information content (AvgIpc) is 1.65. The van der Waals surface area contributed by atoms with Gasteiger partial charge in [-0.3, -0.25) is 43.4 Å². The largest absolute Gasteiger partial charge is 0.462 e. The number of cyclic esters (lactones) is 1.